The molecule has 8 heteroatoms. The topological polar surface area (TPSA) is 105 Å². The number of allylic oxidation sites excluding steroid dienone is 2. The van der Waals surface area contributed by atoms with E-state index in [4.69, 9.17) is 18.9 Å². The Balaban J connectivity index is 2.65. The van der Waals surface area contributed by atoms with Gasteiger partial charge >= 0.3 is 23.9 Å². The van der Waals surface area contributed by atoms with Crippen LogP contribution in [0.3, 0.4) is 0 Å². The molecule has 3 aliphatic carbocycles. The molecule has 0 N–H and O–H groups in total. The zero-order chi connectivity index (χ0) is 18.9. The highest BCUT2D eigenvalue weighted by Gasteiger charge is 2.63. The van der Waals surface area contributed by atoms with Crippen molar-refractivity contribution in [2.75, 3.05) is 28.4 Å². The molecule has 0 amide bonds. The lowest BCUT2D eigenvalue weighted by Gasteiger charge is -2.51. The van der Waals surface area contributed by atoms with E-state index in [1.807, 2.05) is 0 Å². The lowest BCUT2D eigenvalue weighted by atomic mass is 9.51. The highest BCUT2D eigenvalue weighted by molar-refractivity contribution is 5.90. The van der Waals surface area contributed by atoms with E-state index in [2.05, 4.69) is 0 Å². The predicted octanol–water partition coefficient (Wildman–Crippen LogP) is 0.349. The molecule has 8 nitrogen and oxygen atoms in total. The number of hydrogen-bond acceptors (Lipinski definition) is 8. The predicted molar refractivity (Wildman–Crippen MR) is 82.8 cm³/mol. The van der Waals surface area contributed by atoms with Gasteiger partial charge in [-0.25, -0.2) is 0 Å². The fourth-order valence-corrected chi connectivity index (χ4v) is 4.30. The number of carbonyl (C=O) groups is 4. The Labute approximate surface area is 145 Å². The van der Waals surface area contributed by atoms with E-state index in [9.17, 15) is 19.2 Å². The van der Waals surface area contributed by atoms with E-state index in [1.165, 1.54) is 28.4 Å². The Morgan fingerprint density at radius 3 is 1.32 bits per heavy atom. The van der Waals surface area contributed by atoms with Gasteiger partial charge in [0.1, 0.15) is 0 Å². The standard InChI is InChI=1S/C17H22O8/c1-7-6-8-10(14(18)22-2)12(16(20)24-4)9(7)13(17(21)25-5)11(8)15(19)23-3/h6,8-13H,1-5H3. The quantitative estimate of drug-likeness (QED) is 0.404. The van der Waals surface area contributed by atoms with Gasteiger partial charge in [-0.3, -0.25) is 19.2 Å². The fourth-order valence-electron chi connectivity index (χ4n) is 4.30. The lowest BCUT2D eigenvalue weighted by molar-refractivity contribution is -0.183. The average molecular weight is 354 g/mol. The number of methoxy groups -OCH3 is 4. The van der Waals surface area contributed by atoms with Crippen LogP contribution in [0.2, 0.25) is 0 Å². The van der Waals surface area contributed by atoms with E-state index in [0.29, 0.717) is 0 Å². The Morgan fingerprint density at radius 2 is 1.00 bits per heavy atom. The van der Waals surface area contributed by atoms with Crippen molar-refractivity contribution >= 4 is 23.9 Å². The summed E-state index contributed by atoms with van der Waals surface area (Å²) < 4.78 is 19.4. The molecule has 0 aromatic rings. The van der Waals surface area contributed by atoms with E-state index < -0.39 is 59.4 Å². The first kappa shape index (κ1) is 19.0. The van der Waals surface area contributed by atoms with Crippen LogP contribution in [0.4, 0.5) is 0 Å². The summed E-state index contributed by atoms with van der Waals surface area (Å²) in [5, 5.41) is 0. The van der Waals surface area contributed by atoms with Gasteiger partial charge in [-0.15, -0.1) is 0 Å². The Hall–Kier alpha value is -2.38. The van der Waals surface area contributed by atoms with Crippen molar-refractivity contribution in [3.05, 3.63) is 11.6 Å². The van der Waals surface area contributed by atoms with Crippen LogP contribution in [0, 0.1) is 35.5 Å². The average Bonchev–Trinajstić information content (AvgIpc) is 2.63. The van der Waals surface area contributed by atoms with Crippen LogP contribution < -0.4 is 0 Å². The zero-order valence-electron chi connectivity index (χ0n) is 14.8. The Morgan fingerprint density at radius 1 is 0.680 bits per heavy atom. The molecule has 3 rings (SSSR count). The number of rotatable bonds is 4. The lowest BCUT2D eigenvalue weighted by Crippen LogP contribution is -2.59. The minimum Gasteiger partial charge on any atom is -0.469 e. The first-order valence-electron chi connectivity index (χ1n) is 7.83. The number of hydrogen-bond donors (Lipinski definition) is 0. The number of esters is 4. The number of fused-ring (bicyclic) bond motifs is 2. The Bertz CT molecular complexity index is 578. The highest BCUT2D eigenvalue weighted by Crippen LogP contribution is 2.55. The van der Waals surface area contributed by atoms with Crippen molar-refractivity contribution < 1.29 is 38.1 Å². The van der Waals surface area contributed by atoms with E-state index in [-0.39, 0.29) is 0 Å². The first-order valence-corrected chi connectivity index (χ1v) is 7.83. The molecule has 25 heavy (non-hydrogen) atoms. The van der Waals surface area contributed by atoms with Gasteiger partial charge < -0.3 is 18.9 Å². The van der Waals surface area contributed by atoms with Crippen LogP contribution in [0.5, 0.6) is 0 Å². The molecule has 3 aliphatic rings. The molecule has 0 spiro atoms. The molecule has 0 aromatic carbocycles. The molecule has 0 saturated heterocycles. The highest BCUT2D eigenvalue weighted by atomic mass is 16.5. The van der Waals surface area contributed by atoms with Gasteiger partial charge in [-0.05, 0) is 6.92 Å². The van der Waals surface area contributed by atoms with Crippen LogP contribution >= 0.6 is 0 Å². The normalized spacial score (nSPS) is 33.1. The summed E-state index contributed by atoms with van der Waals surface area (Å²) in [6, 6.07) is 0. The van der Waals surface area contributed by atoms with Gasteiger partial charge in [0.2, 0.25) is 0 Å². The van der Waals surface area contributed by atoms with E-state index >= 15 is 0 Å². The molecule has 4 unspecified atom stereocenters. The van der Waals surface area contributed by atoms with Crippen molar-refractivity contribution in [2.24, 2.45) is 35.5 Å². The third-order valence-corrected chi connectivity index (χ3v) is 5.25. The molecule has 1 saturated carbocycles. The summed E-state index contributed by atoms with van der Waals surface area (Å²) in [6.07, 6.45) is 1.74. The van der Waals surface area contributed by atoms with Crippen LogP contribution in [-0.2, 0) is 38.1 Å². The maximum atomic E-state index is 12.4. The second-order valence-corrected chi connectivity index (χ2v) is 6.21. The third kappa shape index (κ3) is 2.89. The fraction of sp³-hybridized carbons (Fsp3) is 0.647. The van der Waals surface area contributed by atoms with Crippen molar-refractivity contribution in [1.29, 1.82) is 0 Å². The molecule has 138 valence electrons. The summed E-state index contributed by atoms with van der Waals surface area (Å²) in [5.41, 5.74) is 0.733. The SMILES string of the molecule is COC(=O)C1C2C=C(C)C(C1C(=O)OC)C(C(=O)OC)C2C(=O)OC. The van der Waals surface area contributed by atoms with Gasteiger partial charge in [-0.2, -0.15) is 0 Å². The smallest absolute Gasteiger partial charge is 0.310 e. The van der Waals surface area contributed by atoms with Crippen molar-refractivity contribution in [3.63, 3.8) is 0 Å². The van der Waals surface area contributed by atoms with E-state index in [0.717, 1.165) is 5.57 Å². The minimum absolute atomic E-state index is 0.630. The maximum absolute atomic E-state index is 12.4. The second-order valence-electron chi connectivity index (χ2n) is 6.21. The zero-order valence-corrected chi connectivity index (χ0v) is 14.8. The van der Waals surface area contributed by atoms with Gasteiger partial charge in [-0.1, -0.05) is 11.6 Å². The van der Waals surface area contributed by atoms with Crippen LogP contribution in [0.25, 0.3) is 0 Å². The summed E-state index contributed by atoms with van der Waals surface area (Å²) in [6.45, 7) is 1.75. The molecule has 4 atom stereocenters. The number of carbonyl (C=O) groups excluding carboxylic acids is 4. The molecule has 0 aliphatic heterocycles. The molecular formula is C17H22O8. The molecule has 0 aromatic heterocycles. The molecule has 2 bridgehead atoms. The van der Waals surface area contributed by atoms with Crippen molar-refractivity contribution in [2.45, 2.75) is 6.92 Å². The Kier molecular flexibility index (Phi) is 5.49. The van der Waals surface area contributed by atoms with Crippen LogP contribution in [0.15, 0.2) is 11.6 Å². The maximum Gasteiger partial charge on any atom is 0.310 e. The van der Waals surface area contributed by atoms with Gasteiger partial charge in [0, 0.05) is 11.8 Å². The number of ether oxygens (including phenoxy) is 4. The molecule has 1 fully saturated rings. The van der Waals surface area contributed by atoms with Crippen molar-refractivity contribution in [1.82, 2.24) is 0 Å². The summed E-state index contributed by atoms with van der Waals surface area (Å²) in [7, 11) is 4.84. The monoisotopic (exact) mass is 354 g/mol. The van der Waals surface area contributed by atoms with Gasteiger partial charge in [0.05, 0.1) is 52.1 Å². The third-order valence-electron chi connectivity index (χ3n) is 5.25. The van der Waals surface area contributed by atoms with Crippen LogP contribution in [-0.4, -0.2) is 52.3 Å². The summed E-state index contributed by atoms with van der Waals surface area (Å²) in [4.78, 5) is 49.6. The minimum atomic E-state index is -0.934. The van der Waals surface area contributed by atoms with Crippen LogP contribution in [0.1, 0.15) is 6.92 Å². The van der Waals surface area contributed by atoms with Gasteiger partial charge in [0.25, 0.3) is 0 Å². The van der Waals surface area contributed by atoms with Gasteiger partial charge in [0.15, 0.2) is 0 Å². The first-order chi connectivity index (χ1) is 11.8. The molecular weight excluding hydrogens is 332 g/mol. The second kappa shape index (κ2) is 7.25. The van der Waals surface area contributed by atoms with Crippen molar-refractivity contribution in [3.8, 4) is 0 Å². The largest absolute Gasteiger partial charge is 0.469 e. The molecule has 0 heterocycles. The molecule has 0 radical (unpaired) electrons. The van der Waals surface area contributed by atoms with E-state index in [1.54, 1.807) is 13.0 Å². The summed E-state index contributed by atoms with van der Waals surface area (Å²) >= 11 is 0. The summed E-state index contributed by atoms with van der Waals surface area (Å²) in [5.74, 6) is -7.69.